The van der Waals surface area contributed by atoms with Gasteiger partial charge < -0.3 is 30.5 Å². The maximum atomic E-state index is 12.2. The number of carbonyl (C=O) groups excluding carboxylic acids is 3. The van der Waals surface area contributed by atoms with E-state index in [9.17, 15) is 19.5 Å². The number of primary amides is 1. The van der Waals surface area contributed by atoms with Crippen LogP contribution in [0.5, 0.6) is 0 Å². The molecule has 0 saturated heterocycles. The molecule has 0 bridgehead atoms. The predicted octanol–water partition coefficient (Wildman–Crippen LogP) is -0.227. The Bertz CT molecular complexity index is 460. The molecule has 0 saturated carbocycles. The lowest BCUT2D eigenvalue weighted by Gasteiger charge is -2.32. The number of aliphatic hydroxyl groups is 2. The van der Waals surface area contributed by atoms with E-state index in [0.29, 0.717) is 24.1 Å². The number of nitrogens with two attached hydrogens (primary N) is 1. The topological polar surface area (TPSA) is 139 Å². The molecule has 0 aliphatic carbocycles. The first-order chi connectivity index (χ1) is 12.4. The Hall–Kier alpha value is -1.26. The third-order valence-electron chi connectivity index (χ3n) is 4.05. The predicted molar refractivity (Wildman–Crippen MR) is 102 cm³/mol. The van der Waals surface area contributed by atoms with Crippen molar-refractivity contribution < 1.29 is 33.8 Å². The summed E-state index contributed by atoms with van der Waals surface area (Å²) in [5, 5.41) is 18.2. The molecule has 0 spiro atoms. The van der Waals surface area contributed by atoms with E-state index >= 15 is 0 Å². The number of amides is 2. The van der Waals surface area contributed by atoms with Crippen molar-refractivity contribution in [1.82, 2.24) is 5.32 Å². The fourth-order valence-corrected chi connectivity index (χ4v) is 2.46. The van der Waals surface area contributed by atoms with Crippen molar-refractivity contribution in [3.63, 3.8) is 0 Å². The Morgan fingerprint density at radius 2 is 1.78 bits per heavy atom. The molecule has 0 radical (unpaired) electrons. The van der Waals surface area contributed by atoms with Crippen LogP contribution in [0.2, 0.25) is 0 Å². The molecule has 0 aliphatic heterocycles. The van der Waals surface area contributed by atoms with Gasteiger partial charge in [0.15, 0.2) is 0 Å². The molecule has 27 heavy (non-hydrogen) atoms. The molecule has 2 amide bonds. The monoisotopic (exact) mass is 412 g/mol. The van der Waals surface area contributed by atoms with Crippen LogP contribution in [0.15, 0.2) is 0 Å². The minimum atomic E-state index is -1.78. The largest absolute Gasteiger partial charge is 0.371 e. The lowest BCUT2D eigenvalue weighted by atomic mass is 9.89. The van der Waals surface area contributed by atoms with Crippen molar-refractivity contribution >= 4 is 28.7 Å². The highest BCUT2D eigenvalue weighted by Gasteiger charge is 2.32. The molecule has 9 nitrogen and oxygen atoms in total. The first-order valence-corrected chi connectivity index (χ1v) is 9.28. The van der Waals surface area contributed by atoms with E-state index < -0.39 is 35.1 Å². The molecule has 0 rings (SSSR count). The van der Waals surface area contributed by atoms with Crippen molar-refractivity contribution in [3.8, 4) is 0 Å². The van der Waals surface area contributed by atoms with Gasteiger partial charge in [0.1, 0.15) is 6.79 Å². The van der Waals surface area contributed by atoms with Crippen LogP contribution in [0.4, 0.5) is 0 Å². The number of ether oxygens (including phenoxy) is 1. The van der Waals surface area contributed by atoms with Crippen LogP contribution in [-0.2, 0) is 19.1 Å². The average Bonchev–Trinajstić information content (AvgIpc) is 2.55. The highest BCUT2D eigenvalue weighted by atomic mass is 35.5. The number of aliphatic hydroxyl groups excluding tert-OH is 2. The second-order valence-electron chi connectivity index (χ2n) is 6.81. The maximum Gasteiger partial charge on any atom is 0.271 e. The highest BCUT2D eigenvalue weighted by Crippen LogP contribution is 2.18. The summed E-state index contributed by atoms with van der Waals surface area (Å²) in [4.78, 5) is 34.4. The van der Waals surface area contributed by atoms with Gasteiger partial charge in [-0.05, 0) is 24.9 Å². The summed E-state index contributed by atoms with van der Waals surface area (Å²) in [7, 11) is 4.06. The summed E-state index contributed by atoms with van der Waals surface area (Å²) in [6, 6.07) is 0. The summed E-state index contributed by atoms with van der Waals surface area (Å²) in [5.74, 6) is -2.64. The van der Waals surface area contributed by atoms with E-state index in [-0.39, 0.29) is 6.79 Å². The number of halogens is 1. The summed E-state index contributed by atoms with van der Waals surface area (Å²) in [5.41, 5.74) is 5.28. The number of hydrogen-bond donors (Lipinski definition) is 4. The molecule has 0 aromatic heterocycles. The zero-order valence-electron chi connectivity index (χ0n) is 16.9. The lowest BCUT2D eigenvalue weighted by molar-refractivity contribution is -0.890. The zero-order valence-corrected chi connectivity index (χ0v) is 17.7. The van der Waals surface area contributed by atoms with Gasteiger partial charge in [-0.1, -0.05) is 13.8 Å². The van der Waals surface area contributed by atoms with Crippen LogP contribution < -0.4 is 11.1 Å². The van der Waals surface area contributed by atoms with Crippen molar-refractivity contribution in [3.05, 3.63) is 0 Å². The number of carbonyl (C=O) groups is 3. The van der Waals surface area contributed by atoms with Gasteiger partial charge in [-0.25, -0.2) is 0 Å². The van der Waals surface area contributed by atoms with Crippen molar-refractivity contribution in [1.29, 1.82) is 0 Å². The van der Waals surface area contributed by atoms with Crippen LogP contribution in [0.1, 0.15) is 33.6 Å². The average molecular weight is 413 g/mol. The standard InChI is InChI=1S/C14H26ClN3O4.C3H8O2/c1-5-7-18(3,4)8-6-10(9(2)12(16)20)13(21)17-14(22)11(15)19;1-2-5-3-4/h9-10,14,22H,5-8H2,1-4H3,(H2-,16,17,20,21);4H,2-3H2,1H3/p+1. The van der Waals surface area contributed by atoms with Crippen molar-refractivity contribution in [2.75, 3.05) is 40.6 Å². The summed E-state index contributed by atoms with van der Waals surface area (Å²) in [6.07, 6.45) is -0.379. The smallest absolute Gasteiger partial charge is 0.271 e. The third-order valence-corrected chi connectivity index (χ3v) is 4.26. The van der Waals surface area contributed by atoms with E-state index in [1.165, 1.54) is 0 Å². The normalized spacial score (nSPS) is 14.4. The zero-order chi connectivity index (χ0) is 21.6. The minimum Gasteiger partial charge on any atom is -0.371 e. The maximum absolute atomic E-state index is 12.2. The molecule has 0 heterocycles. The Morgan fingerprint density at radius 3 is 2.11 bits per heavy atom. The summed E-state index contributed by atoms with van der Waals surface area (Å²) in [6.45, 7) is 7.49. The van der Waals surface area contributed by atoms with Crippen LogP contribution in [0, 0.1) is 11.8 Å². The molecular formula is C17H35ClN3O6+. The van der Waals surface area contributed by atoms with Gasteiger partial charge >= 0.3 is 0 Å². The van der Waals surface area contributed by atoms with E-state index in [0.717, 1.165) is 13.0 Å². The molecule has 0 aromatic carbocycles. The van der Waals surface area contributed by atoms with Gasteiger partial charge in [-0.15, -0.1) is 0 Å². The van der Waals surface area contributed by atoms with E-state index in [4.69, 9.17) is 22.4 Å². The van der Waals surface area contributed by atoms with Gasteiger partial charge in [-0.3, -0.25) is 14.4 Å². The number of hydrogen-bond acceptors (Lipinski definition) is 6. The Balaban J connectivity index is 0. The van der Waals surface area contributed by atoms with Crippen LogP contribution in [0.3, 0.4) is 0 Å². The van der Waals surface area contributed by atoms with Gasteiger partial charge in [0.05, 0.1) is 33.1 Å². The van der Waals surface area contributed by atoms with Crippen LogP contribution in [0.25, 0.3) is 0 Å². The molecular weight excluding hydrogens is 378 g/mol. The van der Waals surface area contributed by atoms with Crippen LogP contribution in [-0.4, -0.2) is 78.6 Å². The Kier molecular flexibility index (Phi) is 15.3. The molecule has 0 fully saturated rings. The van der Waals surface area contributed by atoms with E-state index in [2.05, 4.69) is 17.0 Å². The molecule has 160 valence electrons. The number of nitrogens with zero attached hydrogens (tertiary/aromatic N) is 1. The van der Waals surface area contributed by atoms with Gasteiger partial charge in [0.2, 0.25) is 18.0 Å². The van der Waals surface area contributed by atoms with Crippen molar-refractivity contribution in [2.45, 2.75) is 39.8 Å². The molecule has 3 unspecified atom stereocenters. The van der Waals surface area contributed by atoms with Gasteiger partial charge in [0, 0.05) is 18.9 Å². The molecule has 5 N–H and O–H groups in total. The lowest BCUT2D eigenvalue weighted by Crippen LogP contribution is -2.48. The fourth-order valence-electron chi connectivity index (χ4n) is 2.40. The molecule has 0 aliphatic rings. The SMILES string of the molecule is CCC[N+](C)(C)CCC(C(=O)NC(O)C(=O)Cl)C(C)C(N)=O.CCOCO. The van der Waals surface area contributed by atoms with Gasteiger partial charge in [0.25, 0.3) is 5.24 Å². The molecule has 10 heteroatoms. The number of nitrogens with one attached hydrogen (secondary N) is 1. The number of quaternary nitrogens is 1. The fraction of sp³-hybridized carbons (Fsp3) is 0.824. The number of rotatable bonds is 12. The van der Waals surface area contributed by atoms with Crippen molar-refractivity contribution in [2.24, 2.45) is 17.6 Å². The second kappa shape index (κ2) is 14.8. The summed E-state index contributed by atoms with van der Waals surface area (Å²) >= 11 is 5.11. The third kappa shape index (κ3) is 13.5. The second-order valence-corrected chi connectivity index (χ2v) is 7.18. The van der Waals surface area contributed by atoms with E-state index in [1.54, 1.807) is 6.92 Å². The summed E-state index contributed by atoms with van der Waals surface area (Å²) < 4.78 is 5.09. The minimum absolute atomic E-state index is 0.156. The van der Waals surface area contributed by atoms with Gasteiger partial charge in [-0.2, -0.15) is 0 Å². The molecule has 0 aromatic rings. The quantitative estimate of drug-likeness (QED) is 0.198. The Labute approximate surface area is 166 Å². The highest BCUT2D eigenvalue weighted by molar-refractivity contribution is 6.64. The van der Waals surface area contributed by atoms with Crippen LogP contribution >= 0.6 is 11.6 Å². The first-order valence-electron chi connectivity index (χ1n) is 8.91. The Morgan fingerprint density at radius 1 is 1.22 bits per heavy atom. The van der Waals surface area contributed by atoms with E-state index in [1.807, 2.05) is 21.0 Å². The first kappa shape index (κ1) is 28.0. The molecule has 3 atom stereocenters.